The van der Waals surface area contributed by atoms with Gasteiger partial charge in [0.05, 0.1) is 12.3 Å². The van der Waals surface area contributed by atoms with E-state index in [4.69, 9.17) is 4.42 Å². The maximum atomic E-state index is 12.7. The van der Waals surface area contributed by atoms with E-state index in [2.05, 4.69) is 27.3 Å². The molecule has 5 rings (SSSR count). The number of pyridine rings is 1. The lowest BCUT2D eigenvalue weighted by molar-refractivity contribution is 0.397. The first kappa shape index (κ1) is 21.9. The highest BCUT2D eigenvalue weighted by molar-refractivity contribution is 7.98. The Morgan fingerprint density at radius 3 is 2.55 bits per heavy atom. The Morgan fingerprint density at radius 1 is 0.970 bits per heavy atom. The van der Waals surface area contributed by atoms with Gasteiger partial charge in [0.15, 0.2) is 11.0 Å². The SMILES string of the molecule is O=S(=O)(c1ccc(CSc2nnc(-c3cccnc3)n2Cc2ccccc2)o1)N1CCCC1. The van der Waals surface area contributed by atoms with Crippen molar-refractivity contribution in [1.29, 1.82) is 0 Å². The maximum Gasteiger partial charge on any atom is 0.276 e. The highest BCUT2D eigenvalue weighted by Crippen LogP contribution is 2.29. The predicted molar refractivity (Wildman–Crippen MR) is 125 cm³/mol. The fourth-order valence-electron chi connectivity index (χ4n) is 3.78. The maximum absolute atomic E-state index is 12.7. The van der Waals surface area contributed by atoms with Crippen LogP contribution in [0.3, 0.4) is 0 Å². The van der Waals surface area contributed by atoms with E-state index in [1.54, 1.807) is 24.5 Å². The smallest absolute Gasteiger partial charge is 0.276 e. The Bertz CT molecular complexity index is 1310. The molecule has 0 bridgehead atoms. The van der Waals surface area contributed by atoms with E-state index in [1.807, 2.05) is 34.9 Å². The van der Waals surface area contributed by atoms with E-state index in [9.17, 15) is 8.42 Å². The second-order valence-corrected chi connectivity index (χ2v) is 10.6. The van der Waals surface area contributed by atoms with Gasteiger partial charge in [0.25, 0.3) is 10.0 Å². The number of furan rings is 1. The summed E-state index contributed by atoms with van der Waals surface area (Å²) < 4.78 is 34.7. The molecule has 1 aliphatic rings. The number of aromatic nitrogens is 4. The molecule has 1 aromatic carbocycles. The molecule has 1 saturated heterocycles. The summed E-state index contributed by atoms with van der Waals surface area (Å²) in [4.78, 5) is 4.21. The van der Waals surface area contributed by atoms with Gasteiger partial charge in [-0.1, -0.05) is 42.1 Å². The van der Waals surface area contributed by atoms with E-state index >= 15 is 0 Å². The summed E-state index contributed by atoms with van der Waals surface area (Å²) in [5.41, 5.74) is 2.01. The van der Waals surface area contributed by atoms with Crippen molar-refractivity contribution in [3.8, 4) is 11.4 Å². The van der Waals surface area contributed by atoms with Gasteiger partial charge in [-0.3, -0.25) is 9.55 Å². The van der Waals surface area contributed by atoms with Crippen molar-refractivity contribution in [3.05, 3.63) is 78.3 Å². The lowest BCUT2D eigenvalue weighted by Crippen LogP contribution is -2.27. The fourth-order valence-corrected chi connectivity index (χ4v) is 6.06. The van der Waals surface area contributed by atoms with Crippen LogP contribution in [0.4, 0.5) is 0 Å². The van der Waals surface area contributed by atoms with Crippen LogP contribution in [0.25, 0.3) is 11.4 Å². The summed E-state index contributed by atoms with van der Waals surface area (Å²) in [5.74, 6) is 1.75. The molecule has 10 heteroatoms. The van der Waals surface area contributed by atoms with Gasteiger partial charge in [-0.15, -0.1) is 10.2 Å². The molecule has 0 saturated carbocycles. The number of benzene rings is 1. The first-order chi connectivity index (χ1) is 16.1. The lowest BCUT2D eigenvalue weighted by Gasteiger charge is -2.12. The Hall–Kier alpha value is -2.95. The summed E-state index contributed by atoms with van der Waals surface area (Å²) in [6, 6.07) is 17.2. The highest BCUT2D eigenvalue weighted by Gasteiger charge is 2.30. The average molecular weight is 482 g/mol. The minimum Gasteiger partial charge on any atom is -0.447 e. The van der Waals surface area contributed by atoms with Crippen LogP contribution in [-0.2, 0) is 22.3 Å². The number of hydrogen-bond acceptors (Lipinski definition) is 7. The molecule has 3 aromatic heterocycles. The van der Waals surface area contributed by atoms with Gasteiger partial charge in [-0.2, -0.15) is 4.31 Å². The second kappa shape index (κ2) is 9.50. The third-order valence-electron chi connectivity index (χ3n) is 5.46. The number of hydrogen-bond donors (Lipinski definition) is 0. The Balaban J connectivity index is 1.38. The standard InChI is InChI=1S/C23H23N5O3S2/c29-33(30,27-13-4-5-14-27)21-11-10-20(31-21)17-32-23-26-25-22(19-9-6-12-24-15-19)28(23)16-18-7-2-1-3-8-18/h1-3,6-12,15H,4-5,13-14,16-17H2. The van der Waals surface area contributed by atoms with Crippen LogP contribution in [0.5, 0.6) is 0 Å². The van der Waals surface area contributed by atoms with Crippen molar-refractivity contribution < 1.29 is 12.8 Å². The summed E-state index contributed by atoms with van der Waals surface area (Å²) in [5, 5.41) is 9.53. The van der Waals surface area contributed by atoms with E-state index < -0.39 is 10.0 Å². The van der Waals surface area contributed by atoms with E-state index in [0.29, 0.717) is 31.1 Å². The topological polar surface area (TPSA) is 94.1 Å². The Labute approximate surface area is 196 Å². The molecule has 0 radical (unpaired) electrons. The number of thioether (sulfide) groups is 1. The van der Waals surface area contributed by atoms with Gasteiger partial charge in [-0.05, 0) is 42.7 Å². The van der Waals surface area contributed by atoms with Gasteiger partial charge in [0, 0.05) is 31.0 Å². The summed E-state index contributed by atoms with van der Waals surface area (Å²) in [6.07, 6.45) is 5.27. The quantitative estimate of drug-likeness (QED) is 0.350. The first-order valence-electron chi connectivity index (χ1n) is 10.7. The molecular weight excluding hydrogens is 458 g/mol. The van der Waals surface area contributed by atoms with Gasteiger partial charge < -0.3 is 4.42 Å². The molecular formula is C23H23N5O3S2. The monoisotopic (exact) mass is 481 g/mol. The normalized spacial score (nSPS) is 14.7. The van der Waals surface area contributed by atoms with Gasteiger partial charge in [0.2, 0.25) is 5.09 Å². The molecule has 1 fully saturated rings. The van der Waals surface area contributed by atoms with Gasteiger partial charge >= 0.3 is 0 Å². The molecule has 4 aromatic rings. The molecule has 170 valence electrons. The fraction of sp³-hybridized carbons (Fsp3) is 0.261. The largest absolute Gasteiger partial charge is 0.447 e. The highest BCUT2D eigenvalue weighted by atomic mass is 32.2. The zero-order valence-corrected chi connectivity index (χ0v) is 19.5. The molecule has 0 aliphatic carbocycles. The number of rotatable bonds is 8. The Kier molecular flexibility index (Phi) is 6.30. The van der Waals surface area contributed by atoms with Crippen LogP contribution in [-0.4, -0.2) is 45.6 Å². The molecule has 0 spiro atoms. The third kappa shape index (κ3) is 4.73. The minimum absolute atomic E-state index is 0.00167. The van der Waals surface area contributed by atoms with Crippen LogP contribution in [0, 0.1) is 0 Å². The van der Waals surface area contributed by atoms with Crippen LogP contribution < -0.4 is 0 Å². The van der Waals surface area contributed by atoms with Crippen molar-refractivity contribution in [1.82, 2.24) is 24.1 Å². The third-order valence-corrected chi connectivity index (χ3v) is 8.22. The number of sulfonamides is 1. The predicted octanol–water partition coefficient (Wildman–Crippen LogP) is 4.06. The molecule has 1 aliphatic heterocycles. The van der Waals surface area contributed by atoms with Crippen molar-refractivity contribution >= 4 is 21.8 Å². The molecule has 8 nitrogen and oxygen atoms in total. The van der Waals surface area contributed by atoms with E-state index in [1.165, 1.54) is 16.1 Å². The number of nitrogens with zero attached hydrogens (tertiary/aromatic N) is 5. The van der Waals surface area contributed by atoms with E-state index in [-0.39, 0.29) is 5.09 Å². The van der Waals surface area contributed by atoms with Crippen LogP contribution in [0.2, 0.25) is 0 Å². The molecule has 0 N–H and O–H groups in total. The first-order valence-corrected chi connectivity index (χ1v) is 13.1. The van der Waals surface area contributed by atoms with Crippen LogP contribution in [0.15, 0.2) is 81.7 Å². The van der Waals surface area contributed by atoms with Crippen molar-refractivity contribution in [3.63, 3.8) is 0 Å². The zero-order valence-electron chi connectivity index (χ0n) is 17.9. The van der Waals surface area contributed by atoms with Gasteiger partial charge in [-0.25, -0.2) is 8.42 Å². The summed E-state index contributed by atoms with van der Waals surface area (Å²) in [6.45, 7) is 1.70. The molecule has 0 atom stereocenters. The summed E-state index contributed by atoms with van der Waals surface area (Å²) in [7, 11) is -3.56. The minimum atomic E-state index is -3.56. The molecule has 33 heavy (non-hydrogen) atoms. The molecule has 0 amide bonds. The summed E-state index contributed by atoms with van der Waals surface area (Å²) >= 11 is 1.46. The van der Waals surface area contributed by atoms with Crippen molar-refractivity contribution in [2.24, 2.45) is 0 Å². The second-order valence-electron chi connectivity index (χ2n) is 7.74. The average Bonchev–Trinajstić information content (AvgIpc) is 3.61. The molecule has 4 heterocycles. The van der Waals surface area contributed by atoms with Gasteiger partial charge in [0.1, 0.15) is 5.76 Å². The molecule has 0 unspecified atom stereocenters. The van der Waals surface area contributed by atoms with Crippen molar-refractivity contribution in [2.45, 2.75) is 35.4 Å². The van der Waals surface area contributed by atoms with Crippen LogP contribution >= 0.6 is 11.8 Å². The van der Waals surface area contributed by atoms with Crippen molar-refractivity contribution in [2.75, 3.05) is 13.1 Å². The lowest BCUT2D eigenvalue weighted by atomic mass is 10.2. The van der Waals surface area contributed by atoms with E-state index in [0.717, 1.165) is 34.9 Å². The van der Waals surface area contributed by atoms with Crippen LogP contribution in [0.1, 0.15) is 24.2 Å². The Morgan fingerprint density at radius 2 is 1.79 bits per heavy atom. The zero-order chi connectivity index (χ0) is 22.7.